The van der Waals surface area contributed by atoms with Crippen molar-refractivity contribution in [3.8, 4) is 0 Å². The average molecular weight is 220 g/mol. The van der Waals surface area contributed by atoms with Gasteiger partial charge < -0.3 is 5.32 Å². The minimum atomic E-state index is -0.0891. The number of nitrogens with zero attached hydrogens (tertiary/aromatic N) is 1. The summed E-state index contributed by atoms with van der Waals surface area (Å²) in [5.41, 5.74) is 1.78. The molecule has 3 nitrogen and oxygen atoms in total. The van der Waals surface area contributed by atoms with Gasteiger partial charge in [0.1, 0.15) is 0 Å². The highest BCUT2D eigenvalue weighted by atomic mass is 16.1. The van der Waals surface area contributed by atoms with E-state index >= 15 is 0 Å². The molecule has 88 valence electrons. The maximum Gasteiger partial charge on any atom is 0.252 e. The van der Waals surface area contributed by atoms with Gasteiger partial charge in [0.15, 0.2) is 0 Å². The Balaban J connectivity index is 2.98. The lowest BCUT2D eigenvalue weighted by atomic mass is 9.81. The third kappa shape index (κ3) is 2.40. The molecule has 0 aromatic carbocycles. The fraction of sp³-hybridized carbons (Fsp3) is 0.538. The van der Waals surface area contributed by atoms with Crippen LogP contribution in [0.5, 0.6) is 0 Å². The smallest absolute Gasteiger partial charge is 0.252 e. The normalized spacial score (nSPS) is 11.2. The van der Waals surface area contributed by atoms with Gasteiger partial charge in [0.25, 0.3) is 5.91 Å². The Morgan fingerprint density at radius 1 is 1.38 bits per heavy atom. The van der Waals surface area contributed by atoms with Crippen LogP contribution in [0.4, 0.5) is 0 Å². The molecule has 0 fully saturated rings. The SMILES string of the molecule is CCC(C)(CC)c1ccc(C(=O)NC)cn1. The van der Waals surface area contributed by atoms with E-state index in [1.807, 2.05) is 12.1 Å². The molecule has 0 aliphatic rings. The van der Waals surface area contributed by atoms with Crippen molar-refractivity contribution in [1.82, 2.24) is 10.3 Å². The zero-order valence-electron chi connectivity index (χ0n) is 10.5. The maximum atomic E-state index is 11.4. The molecule has 1 N–H and O–H groups in total. The van der Waals surface area contributed by atoms with Gasteiger partial charge >= 0.3 is 0 Å². The Labute approximate surface area is 97.3 Å². The minimum Gasteiger partial charge on any atom is -0.355 e. The summed E-state index contributed by atoms with van der Waals surface area (Å²) in [6.07, 6.45) is 3.75. The molecule has 0 bridgehead atoms. The van der Waals surface area contributed by atoms with E-state index in [1.165, 1.54) is 0 Å². The quantitative estimate of drug-likeness (QED) is 0.847. The summed E-state index contributed by atoms with van der Waals surface area (Å²) in [6.45, 7) is 6.53. The first-order chi connectivity index (χ1) is 7.57. The Bertz CT molecular complexity index is 353. The molecule has 0 saturated carbocycles. The van der Waals surface area contributed by atoms with E-state index in [4.69, 9.17) is 0 Å². The predicted octanol–water partition coefficient (Wildman–Crippen LogP) is 2.52. The molecule has 1 aromatic heterocycles. The number of hydrogen-bond acceptors (Lipinski definition) is 2. The first-order valence-corrected chi connectivity index (χ1v) is 5.76. The van der Waals surface area contributed by atoms with E-state index in [-0.39, 0.29) is 11.3 Å². The predicted molar refractivity (Wildman–Crippen MR) is 65.6 cm³/mol. The summed E-state index contributed by atoms with van der Waals surface area (Å²) < 4.78 is 0. The molecule has 1 heterocycles. The van der Waals surface area contributed by atoms with Gasteiger partial charge in [-0.25, -0.2) is 0 Å². The summed E-state index contributed by atoms with van der Waals surface area (Å²) in [7, 11) is 1.62. The van der Waals surface area contributed by atoms with Crippen LogP contribution in [-0.4, -0.2) is 17.9 Å². The third-order valence-corrected chi connectivity index (χ3v) is 3.43. The lowest BCUT2D eigenvalue weighted by Crippen LogP contribution is -2.22. The molecule has 1 amide bonds. The van der Waals surface area contributed by atoms with Crippen molar-refractivity contribution in [1.29, 1.82) is 0 Å². The van der Waals surface area contributed by atoms with Crippen molar-refractivity contribution in [2.24, 2.45) is 0 Å². The summed E-state index contributed by atoms with van der Waals surface area (Å²) in [5.74, 6) is -0.0891. The van der Waals surface area contributed by atoms with E-state index in [1.54, 1.807) is 13.2 Å². The molecule has 0 aliphatic heterocycles. The molecule has 1 rings (SSSR count). The van der Waals surface area contributed by atoms with Crippen LogP contribution in [0.3, 0.4) is 0 Å². The highest BCUT2D eigenvalue weighted by Gasteiger charge is 2.23. The van der Waals surface area contributed by atoms with Crippen LogP contribution in [0, 0.1) is 0 Å². The van der Waals surface area contributed by atoms with Gasteiger partial charge in [-0.2, -0.15) is 0 Å². The van der Waals surface area contributed by atoms with Crippen molar-refractivity contribution in [3.63, 3.8) is 0 Å². The fourth-order valence-electron chi connectivity index (χ4n) is 1.64. The molecule has 0 aliphatic carbocycles. The van der Waals surface area contributed by atoms with Crippen LogP contribution < -0.4 is 5.32 Å². The summed E-state index contributed by atoms with van der Waals surface area (Å²) in [5, 5.41) is 2.59. The Morgan fingerprint density at radius 2 is 2.00 bits per heavy atom. The number of carbonyl (C=O) groups is 1. The zero-order chi connectivity index (χ0) is 12.2. The number of aromatic nitrogens is 1. The van der Waals surface area contributed by atoms with Crippen LogP contribution in [-0.2, 0) is 5.41 Å². The third-order valence-electron chi connectivity index (χ3n) is 3.43. The Hall–Kier alpha value is -1.38. The molecular weight excluding hydrogens is 200 g/mol. The molecular formula is C13H20N2O. The number of hydrogen-bond donors (Lipinski definition) is 1. The van der Waals surface area contributed by atoms with Gasteiger partial charge in [0, 0.05) is 24.4 Å². The highest BCUT2D eigenvalue weighted by molar-refractivity contribution is 5.93. The molecule has 0 unspecified atom stereocenters. The van der Waals surface area contributed by atoms with E-state index < -0.39 is 0 Å². The van der Waals surface area contributed by atoms with E-state index in [0.717, 1.165) is 18.5 Å². The largest absolute Gasteiger partial charge is 0.355 e. The number of amides is 1. The Morgan fingerprint density at radius 3 is 2.38 bits per heavy atom. The second-order valence-corrected chi connectivity index (χ2v) is 4.28. The molecule has 0 saturated heterocycles. The molecule has 16 heavy (non-hydrogen) atoms. The summed E-state index contributed by atoms with van der Waals surface area (Å²) in [4.78, 5) is 15.8. The van der Waals surface area contributed by atoms with Crippen LogP contribution in [0.2, 0.25) is 0 Å². The standard InChI is InChI=1S/C13H20N2O/c1-5-13(3,6-2)11-8-7-10(9-15-11)12(16)14-4/h7-9H,5-6H2,1-4H3,(H,14,16). The summed E-state index contributed by atoms with van der Waals surface area (Å²) >= 11 is 0. The number of rotatable bonds is 4. The van der Waals surface area contributed by atoms with Crippen molar-refractivity contribution in [3.05, 3.63) is 29.6 Å². The number of pyridine rings is 1. The number of carbonyl (C=O) groups excluding carboxylic acids is 1. The minimum absolute atomic E-state index is 0.0891. The van der Waals surface area contributed by atoms with Crippen LogP contribution in [0.15, 0.2) is 18.3 Å². The van der Waals surface area contributed by atoms with Crippen molar-refractivity contribution in [2.45, 2.75) is 39.0 Å². The Kier molecular flexibility index (Phi) is 4.05. The van der Waals surface area contributed by atoms with Gasteiger partial charge in [0.05, 0.1) is 5.56 Å². The molecule has 1 aromatic rings. The molecule has 0 radical (unpaired) electrons. The van der Waals surface area contributed by atoms with Crippen molar-refractivity contribution < 1.29 is 4.79 Å². The monoisotopic (exact) mass is 220 g/mol. The molecule has 0 atom stereocenters. The van der Waals surface area contributed by atoms with E-state index in [9.17, 15) is 4.79 Å². The van der Waals surface area contributed by atoms with Gasteiger partial charge in [-0.1, -0.05) is 20.8 Å². The first-order valence-electron chi connectivity index (χ1n) is 5.76. The lowest BCUT2D eigenvalue weighted by molar-refractivity contribution is 0.0962. The summed E-state index contributed by atoms with van der Waals surface area (Å²) in [6, 6.07) is 3.79. The topological polar surface area (TPSA) is 42.0 Å². The zero-order valence-corrected chi connectivity index (χ0v) is 10.5. The number of nitrogens with one attached hydrogen (secondary N) is 1. The van der Waals surface area contributed by atoms with Gasteiger partial charge in [-0.05, 0) is 25.0 Å². The lowest BCUT2D eigenvalue weighted by Gasteiger charge is -2.25. The highest BCUT2D eigenvalue weighted by Crippen LogP contribution is 2.29. The van der Waals surface area contributed by atoms with Crippen LogP contribution >= 0.6 is 0 Å². The van der Waals surface area contributed by atoms with Gasteiger partial charge in [-0.3, -0.25) is 9.78 Å². The second-order valence-electron chi connectivity index (χ2n) is 4.28. The van der Waals surface area contributed by atoms with Crippen LogP contribution in [0.25, 0.3) is 0 Å². The van der Waals surface area contributed by atoms with Gasteiger partial charge in [0.2, 0.25) is 0 Å². The fourth-order valence-corrected chi connectivity index (χ4v) is 1.64. The van der Waals surface area contributed by atoms with E-state index in [2.05, 4.69) is 31.1 Å². The van der Waals surface area contributed by atoms with Crippen molar-refractivity contribution >= 4 is 5.91 Å². The van der Waals surface area contributed by atoms with Crippen molar-refractivity contribution in [2.75, 3.05) is 7.05 Å². The van der Waals surface area contributed by atoms with Gasteiger partial charge in [-0.15, -0.1) is 0 Å². The molecule has 3 heteroatoms. The average Bonchev–Trinajstić information content (AvgIpc) is 2.37. The first kappa shape index (κ1) is 12.7. The molecule has 0 spiro atoms. The van der Waals surface area contributed by atoms with E-state index in [0.29, 0.717) is 5.56 Å². The second kappa shape index (κ2) is 5.10. The maximum absolute atomic E-state index is 11.4. The van der Waals surface area contributed by atoms with Crippen LogP contribution in [0.1, 0.15) is 49.7 Å².